The highest BCUT2D eigenvalue weighted by Crippen LogP contribution is 2.43. The molecule has 2 unspecified atom stereocenters. The second-order valence-corrected chi connectivity index (χ2v) is 19.7. The number of hydrogen-bond acceptors (Lipinski definition) is 7. The zero-order chi connectivity index (χ0) is 44.3. The molecule has 0 saturated heterocycles. The molecule has 0 aromatic rings. The summed E-state index contributed by atoms with van der Waals surface area (Å²) in [6, 6.07) is 0. The Bertz CT molecular complexity index is 1070. The highest BCUT2D eigenvalue weighted by atomic mass is 31.2. The number of phosphoric ester groups is 1. The number of phosphoric acid groups is 1. The van der Waals surface area contributed by atoms with E-state index in [1.54, 1.807) is 0 Å². The molecule has 0 amide bonds. The molecule has 0 spiro atoms. The van der Waals surface area contributed by atoms with Crippen LogP contribution in [0.15, 0.2) is 24.3 Å². The summed E-state index contributed by atoms with van der Waals surface area (Å²) in [6.07, 6.45) is 48.1. The molecule has 2 atom stereocenters. The van der Waals surface area contributed by atoms with Crippen LogP contribution in [0.25, 0.3) is 0 Å². The fraction of sp³-hybridized carbons (Fsp3) is 0.880. The molecule has 0 heterocycles. The Morgan fingerprint density at radius 1 is 0.517 bits per heavy atom. The fourth-order valence-electron chi connectivity index (χ4n) is 7.05. The van der Waals surface area contributed by atoms with Gasteiger partial charge in [-0.15, -0.1) is 0 Å². The van der Waals surface area contributed by atoms with Gasteiger partial charge in [-0.2, -0.15) is 0 Å². The second kappa shape index (κ2) is 42.8. The highest BCUT2D eigenvalue weighted by Gasteiger charge is 2.27. The van der Waals surface area contributed by atoms with Crippen molar-refractivity contribution in [3.63, 3.8) is 0 Å². The van der Waals surface area contributed by atoms with E-state index in [0.717, 1.165) is 38.5 Å². The van der Waals surface area contributed by atoms with Crippen LogP contribution < -0.4 is 0 Å². The van der Waals surface area contributed by atoms with Crippen molar-refractivity contribution in [2.24, 2.45) is 0 Å². The Morgan fingerprint density at radius 3 is 1.32 bits per heavy atom. The quantitative estimate of drug-likeness (QED) is 0.0212. The van der Waals surface area contributed by atoms with Crippen LogP contribution in [0.1, 0.15) is 232 Å². The summed E-state index contributed by atoms with van der Waals surface area (Å²) in [5, 5.41) is 0. The van der Waals surface area contributed by atoms with Crippen molar-refractivity contribution in [1.82, 2.24) is 0 Å². The summed E-state index contributed by atoms with van der Waals surface area (Å²) in [5.41, 5.74) is 0. The molecule has 0 aliphatic carbocycles. The van der Waals surface area contributed by atoms with Crippen molar-refractivity contribution in [2.75, 3.05) is 47.5 Å². The molecule has 0 saturated carbocycles. The predicted octanol–water partition coefficient (Wildman–Crippen LogP) is 14.7. The first-order valence-electron chi connectivity index (χ1n) is 25.1. The van der Waals surface area contributed by atoms with E-state index in [-0.39, 0.29) is 25.6 Å². The molecule has 0 radical (unpaired) electrons. The summed E-state index contributed by atoms with van der Waals surface area (Å²) >= 11 is 0. The van der Waals surface area contributed by atoms with Crippen LogP contribution in [0.5, 0.6) is 0 Å². The van der Waals surface area contributed by atoms with Gasteiger partial charge in [-0.1, -0.05) is 199 Å². The lowest BCUT2D eigenvalue weighted by Crippen LogP contribution is -2.37. The number of esters is 2. The minimum absolute atomic E-state index is 0.0340. The van der Waals surface area contributed by atoms with E-state index in [2.05, 4.69) is 38.2 Å². The van der Waals surface area contributed by atoms with Crippen molar-refractivity contribution in [3.05, 3.63) is 24.3 Å². The van der Waals surface area contributed by atoms with Gasteiger partial charge in [0, 0.05) is 12.8 Å². The van der Waals surface area contributed by atoms with Crippen LogP contribution in [-0.2, 0) is 32.7 Å². The van der Waals surface area contributed by atoms with E-state index in [1.165, 1.54) is 161 Å². The van der Waals surface area contributed by atoms with Gasteiger partial charge in [0.2, 0.25) is 0 Å². The van der Waals surface area contributed by atoms with Gasteiger partial charge in [0.1, 0.15) is 19.8 Å². The Hall–Kier alpha value is -1.51. The molecule has 0 aromatic heterocycles. The summed E-state index contributed by atoms with van der Waals surface area (Å²) < 4.78 is 34.4. The third-order valence-electron chi connectivity index (χ3n) is 11.0. The summed E-state index contributed by atoms with van der Waals surface area (Å²) in [7, 11) is 1.49. The minimum atomic E-state index is -4.37. The number of carbonyl (C=O) groups excluding carboxylic acids is 2. The van der Waals surface area contributed by atoms with Gasteiger partial charge < -0.3 is 18.9 Å². The maximum atomic E-state index is 12.7. The zero-order valence-electron chi connectivity index (χ0n) is 40.0. The third kappa shape index (κ3) is 46.0. The zero-order valence-corrected chi connectivity index (χ0v) is 40.9. The first-order chi connectivity index (χ1) is 29.0. The van der Waals surface area contributed by atoms with E-state index in [0.29, 0.717) is 23.9 Å². The van der Waals surface area contributed by atoms with Crippen LogP contribution in [0, 0.1) is 0 Å². The van der Waals surface area contributed by atoms with Gasteiger partial charge >= 0.3 is 19.8 Å². The van der Waals surface area contributed by atoms with Crippen LogP contribution >= 0.6 is 7.82 Å². The molecule has 10 heteroatoms. The Balaban J connectivity index is 4.15. The van der Waals surface area contributed by atoms with Crippen molar-refractivity contribution in [2.45, 2.75) is 238 Å². The van der Waals surface area contributed by atoms with E-state index >= 15 is 0 Å². The molecule has 0 bridgehead atoms. The Kier molecular flexibility index (Phi) is 41.7. The van der Waals surface area contributed by atoms with Gasteiger partial charge in [-0.05, 0) is 44.9 Å². The summed E-state index contributed by atoms with van der Waals surface area (Å²) in [5.74, 6) is -0.790. The number of rotatable bonds is 46. The molecule has 60 heavy (non-hydrogen) atoms. The van der Waals surface area contributed by atoms with Gasteiger partial charge in [0.25, 0.3) is 0 Å². The molecule has 1 N–H and O–H groups in total. The summed E-state index contributed by atoms with van der Waals surface area (Å²) in [4.78, 5) is 35.4. The predicted molar refractivity (Wildman–Crippen MR) is 252 cm³/mol. The monoisotopic (exact) mass is 871 g/mol. The van der Waals surface area contributed by atoms with Crippen LogP contribution in [0.2, 0.25) is 0 Å². The second-order valence-electron chi connectivity index (χ2n) is 18.2. The number of nitrogens with zero attached hydrogens (tertiary/aromatic N) is 1. The average Bonchev–Trinajstić information content (AvgIpc) is 3.20. The third-order valence-corrected chi connectivity index (χ3v) is 12.0. The van der Waals surface area contributed by atoms with Crippen LogP contribution in [0.3, 0.4) is 0 Å². The molecular weight excluding hydrogens is 774 g/mol. The van der Waals surface area contributed by atoms with Crippen LogP contribution in [-0.4, -0.2) is 74.9 Å². The van der Waals surface area contributed by atoms with E-state index in [4.69, 9.17) is 18.5 Å². The van der Waals surface area contributed by atoms with E-state index < -0.39 is 26.5 Å². The van der Waals surface area contributed by atoms with Crippen LogP contribution in [0.4, 0.5) is 0 Å². The topological polar surface area (TPSA) is 108 Å². The van der Waals surface area contributed by atoms with Gasteiger partial charge in [0.05, 0.1) is 27.7 Å². The number of carbonyl (C=O) groups is 2. The SMILES string of the molecule is CCCCCCC/C=C\C/C=C\CCCCCCCCCCCCCCCC(=O)OC(COC(=O)CCCCCCCCCCCCC)COP(=O)(O)OCC[N+](C)(C)C. The molecular formula is C50H97NO8P+. The lowest BCUT2D eigenvalue weighted by Gasteiger charge is -2.24. The maximum Gasteiger partial charge on any atom is 0.472 e. The van der Waals surface area contributed by atoms with E-state index in [9.17, 15) is 19.0 Å². The minimum Gasteiger partial charge on any atom is -0.462 e. The van der Waals surface area contributed by atoms with Gasteiger partial charge in [0.15, 0.2) is 6.10 Å². The first-order valence-corrected chi connectivity index (χ1v) is 26.6. The molecule has 0 fully saturated rings. The smallest absolute Gasteiger partial charge is 0.462 e. The van der Waals surface area contributed by atoms with Gasteiger partial charge in [-0.3, -0.25) is 18.6 Å². The molecule has 0 aliphatic heterocycles. The number of unbranched alkanes of at least 4 members (excludes halogenated alkanes) is 28. The van der Waals surface area contributed by atoms with Crippen molar-refractivity contribution >= 4 is 19.8 Å². The molecule has 0 aromatic carbocycles. The lowest BCUT2D eigenvalue weighted by molar-refractivity contribution is -0.870. The fourth-order valence-corrected chi connectivity index (χ4v) is 7.79. The molecule has 0 rings (SSSR count). The number of quaternary nitrogens is 1. The molecule has 354 valence electrons. The number of likely N-dealkylation sites (N-methyl/N-ethyl adjacent to an activating group) is 1. The van der Waals surface area contributed by atoms with Gasteiger partial charge in [-0.25, -0.2) is 4.57 Å². The highest BCUT2D eigenvalue weighted by molar-refractivity contribution is 7.47. The van der Waals surface area contributed by atoms with Crippen molar-refractivity contribution < 1.29 is 42.1 Å². The first kappa shape index (κ1) is 58.5. The average molecular weight is 871 g/mol. The maximum absolute atomic E-state index is 12.7. The van der Waals surface area contributed by atoms with Crippen molar-refractivity contribution in [1.29, 1.82) is 0 Å². The van der Waals surface area contributed by atoms with E-state index in [1.807, 2.05) is 21.1 Å². The normalized spacial score (nSPS) is 13.6. The number of hydrogen-bond donors (Lipinski definition) is 1. The summed E-state index contributed by atoms with van der Waals surface area (Å²) in [6.45, 7) is 4.43. The Labute approximate surface area is 370 Å². The standard InChI is InChI=1S/C50H96NO8P/c1-6-8-10-12-14-16-18-19-20-21-22-23-24-25-26-27-28-29-30-31-33-35-37-39-41-43-50(53)59-48(47-58-60(54,55)57-45-44-51(3,4)5)46-56-49(52)42-40-38-36-34-32-17-15-13-11-9-7-2/h18-19,21-22,48H,6-17,20,23-47H2,1-5H3/p+1/b19-18-,22-21-. The Morgan fingerprint density at radius 2 is 0.900 bits per heavy atom. The van der Waals surface area contributed by atoms with Crippen molar-refractivity contribution in [3.8, 4) is 0 Å². The number of ether oxygens (including phenoxy) is 2. The molecule has 9 nitrogen and oxygen atoms in total. The number of allylic oxidation sites excluding steroid dienone is 4. The molecule has 0 aliphatic rings. The largest absolute Gasteiger partial charge is 0.472 e. The lowest BCUT2D eigenvalue weighted by atomic mass is 10.0.